The number of imidazole rings is 1. The SMILES string of the molecule is CN(C)c1ncccc1NC(=O)c1ccc2nc[nH]c2c1. The van der Waals surface area contributed by atoms with Gasteiger partial charge in [-0.15, -0.1) is 0 Å². The maximum Gasteiger partial charge on any atom is 0.255 e. The summed E-state index contributed by atoms with van der Waals surface area (Å²) in [6.45, 7) is 0. The Morgan fingerprint density at radius 3 is 2.90 bits per heavy atom. The van der Waals surface area contributed by atoms with Crippen molar-refractivity contribution in [3.63, 3.8) is 0 Å². The first kappa shape index (κ1) is 13.1. The topological polar surface area (TPSA) is 73.9 Å². The Hall–Kier alpha value is -2.89. The van der Waals surface area contributed by atoms with E-state index >= 15 is 0 Å². The molecule has 0 aliphatic rings. The third kappa shape index (κ3) is 2.55. The molecule has 0 aliphatic carbocycles. The third-order valence-corrected chi connectivity index (χ3v) is 3.14. The summed E-state index contributed by atoms with van der Waals surface area (Å²) < 4.78 is 0. The number of nitrogens with one attached hydrogen (secondary N) is 2. The van der Waals surface area contributed by atoms with E-state index in [1.54, 1.807) is 30.7 Å². The molecule has 0 unspecified atom stereocenters. The van der Waals surface area contributed by atoms with Crippen LogP contribution in [-0.2, 0) is 0 Å². The highest BCUT2D eigenvalue weighted by molar-refractivity contribution is 6.07. The number of benzene rings is 1. The van der Waals surface area contributed by atoms with E-state index in [0.29, 0.717) is 17.1 Å². The number of carbonyl (C=O) groups excluding carboxylic acids is 1. The highest BCUT2D eigenvalue weighted by Crippen LogP contribution is 2.21. The number of H-pyrrole nitrogens is 1. The second-order valence-corrected chi connectivity index (χ2v) is 4.86. The lowest BCUT2D eigenvalue weighted by molar-refractivity contribution is 0.102. The van der Waals surface area contributed by atoms with Gasteiger partial charge in [-0.1, -0.05) is 0 Å². The Kier molecular flexibility index (Phi) is 3.27. The number of fused-ring (bicyclic) bond motifs is 1. The van der Waals surface area contributed by atoms with Crippen molar-refractivity contribution in [2.45, 2.75) is 0 Å². The molecule has 6 heteroatoms. The molecule has 1 amide bonds. The molecule has 0 saturated carbocycles. The van der Waals surface area contributed by atoms with E-state index in [1.807, 2.05) is 31.1 Å². The lowest BCUT2D eigenvalue weighted by Gasteiger charge is -2.16. The minimum Gasteiger partial charge on any atom is -0.361 e. The Balaban J connectivity index is 1.89. The normalized spacial score (nSPS) is 10.6. The molecule has 0 saturated heterocycles. The zero-order valence-electron chi connectivity index (χ0n) is 11.8. The Labute approximate surface area is 121 Å². The summed E-state index contributed by atoms with van der Waals surface area (Å²) in [7, 11) is 3.77. The van der Waals surface area contributed by atoms with Gasteiger partial charge >= 0.3 is 0 Å². The summed E-state index contributed by atoms with van der Waals surface area (Å²) >= 11 is 0. The van der Waals surface area contributed by atoms with E-state index < -0.39 is 0 Å². The lowest BCUT2D eigenvalue weighted by atomic mass is 10.2. The van der Waals surface area contributed by atoms with Gasteiger partial charge in [-0.25, -0.2) is 9.97 Å². The van der Waals surface area contributed by atoms with Crippen LogP contribution in [0.15, 0.2) is 42.9 Å². The minimum absolute atomic E-state index is 0.178. The molecular weight excluding hydrogens is 266 g/mol. The smallest absolute Gasteiger partial charge is 0.255 e. The van der Waals surface area contributed by atoms with Crippen molar-refractivity contribution < 1.29 is 4.79 Å². The summed E-state index contributed by atoms with van der Waals surface area (Å²) in [6.07, 6.45) is 3.30. The van der Waals surface area contributed by atoms with E-state index in [4.69, 9.17) is 0 Å². The zero-order chi connectivity index (χ0) is 14.8. The van der Waals surface area contributed by atoms with Gasteiger partial charge in [0, 0.05) is 25.9 Å². The monoisotopic (exact) mass is 281 g/mol. The molecular formula is C15H15N5O. The number of amides is 1. The van der Waals surface area contributed by atoms with E-state index in [2.05, 4.69) is 20.3 Å². The fraction of sp³-hybridized carbons (Fsp3) is 0.133. The largest absolute Gasteiger partial charge is 0.361 e. The van der Waals surface area contributed by atoms with Gasteiger partial charge in [0.1, 0.15) is 0 Å². The molecule has 106 valence electrons. The first-order chi connectivity index (χ1) is 10.1. The van der Waals surface area contributed by atoms with Gasteiger partial charge in [-0.3, -0.25) is 4.79 Å². The number of aromatic nitrogens is 3. The summed E-state index contributed by atoms with van der Waals surface area (Å²) in [5.74, 6) is 0.538. The van der Waals surface area contributed by atoms with E-state index in [-0.39, 0.29) is 5.91 Å². The molecule has 3 rings (SSSR count). The molecule has 2 aromatic heterocycles. The van der Waals surface area contributed by atoms with Crippen molar-refractivity contribution >= 4 is 28.4 Å². The average molecular weight is 281 g/mol. The van der Waals surface area contributed by atoms with Gasteiger partial charge < -0.3 is 15.2 Å². The number of aromatic amines is 1. The minimum atomic E-state index is -0.178. The number of carbonyl (C=O) groups is 1. The van der Waals surface area contributed by atoms with Crippen LogP contribution < -0.4 is 10.2 Å². The second kappa shape index (κ2) is 5.24. The van der Waals surface area contributed by atoms with Gasteiger partial charge in [0.05, 0.1) is 23.0 Å². The fourth-order valence-electron chi connectivity index (χ4n) is 2.12. The molecule has 0 aliphatic heterocycles. The molecule has 0 radical (unpaired) electrons. The fourth-order valence-corrected chi connectivity index (χ4v) is 2.12. The molecule has 21 heavy (non-hydrogen) atoms. The molecule has 1 aromatic carbocycles. The predicted octanol–water partition coefficient (Wildman–Crippen LogP) is 2.28. The summed E-state index contributed by atoms with van der Waals surface area (Å²) in [5, 5.41) is 2.89. The Morgan fingerprint density at radius 2 is 2.10 bits per heavy atom. The van der Waals surface area contributed by atoms with E-state index in [0.717, 1.165) is 11.0 Å². The van der Waals surface area contributed by atoms with E-state index in [1.165, 1.54) is 0 Å². The lowest BCUT2D eigenvalue weighted by Crippen LogP contribution is -2.17. The predicted molar refractivity (Wildman–Crippen MR) is 82.6 cm³/mol. The first-order valence-corrected chi connectivity index (χ1v) is 6.52. The Morgan fingerprint density at radius 1 is 1.24 bits per heavy atom. The summed E-state index contributed by atoms with van der Waals surface area (Å²) in [5.41, 5.74) is 2.92. The van der Waals surface area contributed by atoms with Crippen molar-refractivity contribution in [2.24, 2.45) is 0 Å². The van der Waals surface area contributed by atoms with Crippen molar-refractivity contribution in [1.82, 2.24) is 15.0 Å². The van der Waals surface area contributed by atoms with Crippen LogP contribution in [0.4, 0.5) is 11.5 Å². The highest BCUT2D eigenvalue weighted by Gasteiger charge is 2.11. The number of nitrogens with zero attached hydrogens (tertiary/aromatic N) is 3. The maximum atomic E-state index is 12.4. The molecule has 0 atom stereocenters. The van der Waals surface area contributed by atoms with Gasteiger partial charge in [-0.2, -0.15) is 0 Å². The van der Waals surface area contributed by atoms with Crippen LogP contribution in [0.3, 0.4) is 0 Å². The summed E-state index contributed by atoms with van der Waals surface area (Å²) in [6, 6.07) is 8.97. The average Bonchev–Trinajstić information content (AvgIpc) is 2.94. The van der Waals surface area contributed by atoms with Gasteiger partial charge in [0.15, 0.2) is 5.82 Å². The molecule has 0 fully saturated rings. The number of rotatable bonds is 3. The number of pyridine rings is 1. The molecule has 3 aromatic rings. The van der Waals surface area contributed by atoms with Crippen LogP contribution in [0, 0.1) is 0 Å². The van der Waals surface area contributed by atoms with Crippen molar-refractivity contribution in [2.75, 3.05) is 24.3 Å². The second-order valence-electron chi connectivity index (χ2n) is 4.86. The number of anilines is 2. The first-order valence-electron chi connectivity index (χ1n) is 6.52. The van der Waals surface area contributed by atoms with Crippen molar-refractivity contribution in [3.05, 3.63) is 48.4 Å². The van der Waals surface area contributed by atoms with Crippen LogP contribution in [0.25, 0.3) is 11.0 Å². The van der Waals surface area contributed by atoms with Crippen LogP contribution >= 0.6 is 0 Å². The third-order valence-electron chi connectivity index (χ3n) is 3.14. The van der Waals surface area contributed by atoms with E-state index in [9.17, 15) is 4.79 Å². The molecule has 2 N–H and O–H groups in total. The molecule has 6 nitrogen and oxygen atoms in total. The standard InChI is InChI=1S/C15H15N5O/c1-20(2)14-12(4-3-7-16-14)19-15(21)10-5-6-11-13(8-10)18-9-17-11/h3-9H,1-2H3,(H,17,18)(H,19,21). The molecule has 0 bridgehead atoms. The van der Waals surface area contributed by atoms with Gasteiger partial charge in [0.2, 0.25) is 0 Å². The van der Waals surface area contributed by atoms with Crippen LogP contribution in [-0.4, -0.2) is 35.0 Å². The van der Waals surface area contributed by atoms with Crippen LogP contribution in [0.2, 0.25) is 0 Å². The van der Waals surface area contributed by atoms with Gasteiger partial charge in [-0.05, 0) is 30.3 Å². The van der Waals surface area contributed by atoms with Crippen LogP contribution in [0.1, 0.15) is 10.4 Å². The van der Waals surface area contributed by atoms with Crippen molar-refractivity contribution in [1.29, 1.82) is 0 Å². The van der Waals surface area contributed by atoms with Crippen molar-refractivity contribution in [3.8, 4) is 0 Å². The molecule has 2 heterocycles. The van der Waals surface area contributed by atoms with Gasteiger partial charge in [0.25, 0.3) is 5.91 Å². The number of hydrogen-bond acceptors (Lipinski definition) is 4. The van der Waals surface area contributed by atoms with Crippen LogP contribution in [0.5, 0.6) is 0 Å². The summed E-state index contributed by atoms with van der Waals surface area (Å²) in [4.78, 5) is 25.6. The highest BCUT2D eigenvalue weighted by atomic mass is 16.1. The number of hydrogen-bond donors (Lipinski definition) is 2. The molecule has 0 spiro atoms. The maximum absolute atomic E-state index is 12.4. The quantitative estimate of drug-likeness (QED) is 0.772. The zero-order valence-corrected chi connectivity index (χ0v) is 11.8. The Bertz CT molecular complexity index is 793.